The van der Waals surface area contributed by atoms with Crippen molar-refractivity contribution in [2.45, 2.75) is 13.8 Å². The second kappa shape index (κ2) is 6.08. The van der Waals surface area contributed by atoms with Crippen molar-refractivity contribution in [2.75, 3.05) is 7.11 Å². The minimum atomic E-state index is 0.801. The van der Waals surface area contributed by atoms with Crippen LogP contribution in [0.4, 0.5) is 0 Å². The molecule has 0 spiro atoms. The lowest BCUT2D eigenvalue weighted by Gasteiger charge is -1.94. The first-order chi connectivity index (χ1) is 12.0. The molecular formula is C20H18BrN3O. The Bertz CT molecular complexity index is 1210. The minimum Gasteiger partial charge on any atom is -0.494 e. The van der Waals surface area contributed by atoms with Gasteiger partial charge in [0.15, 0.2) is 0 Å². The van der Waals surface area contributed by atoms with Gasteiger partial charge < -0.3 is 14.7 Å². The first-order valence-corrected chi connectivity index (χ1v) is 8.84. The summed E-state index contributed by atoms with van der Waals surface area (Å²) in [5.74, 6) is 0.801. The van der Waals surface area contributed by atoms with Crippen LogP contribution in [0.15, 0.2) is 39.8 Å². The maximum absolute atomic E-state index is 5.55. The van der Waals surface area contributed by atoms with Crippen molar-refractivity contribution in [3.8, 4) is 5.75 Å². The van der Waals surface area contributed by atoms with Crippen molar-refractivity contribution >= 4 is 33.8 Å². The summed E-state index contributed by atoms with van der Waals surface area (Å²) in [7, 11) is 1.68. The van der Waals surface area contributed by atoms with Crippen LogP contribution >= 0.6 is 15.9 Å². The van der Waals surface area contributed by atoms with Crippen LogP contribution in [0.3, 0.4) is 0 Å². The molecule has 1 aromatic carbocycles. The zero-order valence-corrected chi connectivity index (χ0v) is 15.9. The van der Waals surface area contributed by atoms with E-state index in [9.17, 15) is 0 Å². The molecule has 3 aromatic rings. The van der Waals surface area contributed by atoms with Crippen LogP contribution in [0.1, 0.15) is 17.0 Å². The van der Waals surface area contributed by atoms with Gasteiger partial charge in [-0.05, 0) is 55.8 Å². The summed E-state index contributed by atoms with van der Waals surface area (Å²) in [6.07, 6.45) is 4.16. The van der Waals surface area contributed by atoms with Crippen LogP contribution in [-0.4, -0.2) is 17.1 Å². The Morgan fingerprint density at radius 3 is 2.68 bits per heavy atom. The molecule has 0 fully saturated rings. The summed E-state index contributed by atoms with van der Waals surface area (Å²) in [5.41, 5.74) is 4.33. The zero-order chi connectivity index (χ0) is 17.6. The Kier molecular flexibility index (Phi) is 3.88. The molecule has 0 saturated heterocycles. The van der Waals surface area contributed by atoms with E-state index in [1.807, 2.05) is 18.2 Å². The third kappa shape index (κ3) is 2.96. The van der Waals surface area contributed by atoms with Crippen LogP contribution in [0.25, 0.3) is 17.8 Å². The van der Waals surface area contributed by atoms with Crippen LogP contribution in [0.2, 0.25) is 0 Å². The van der Waals surface area contributed by atoms with Crippen molar-refractivity contribution in [3.05, 3.63) is 73.0 Å². The number of methoxy groups -OCH3 is 1. The summed E-state index contributed by atoms with van der Waals surface area (Å²) >= 11 is 3.51. The second-order valence-electron chi connectivity index (χ2n) is 6.20. The molecule has 3 heterocycles. The fourth-order valence-corrected chi connectivity index (χ4v) is 3.48. The maximum atomic E-state index is 5.55. The summed E-state index contributed by atoms with van der Waals surface area (Å²) in [6.45, 7) is 4.15. The number of nitrogens with one attached hydrogen (secondary N) is 2. The molecule has 0 aliphatic carbocycles. The van der Waals surface area contributed by atoms with Gasteiger partial charge in [0.05, 0.1) is 28.9 Å². The quantitative estimate of drug-likeness (QED) is 0.682. The number of hydrogen-bond acceptors (Lipinski definition) is 2. The van der Waals surface area contributed by atoms with E-state index in [4.69, 9.17) is 9.73 Å². The van der Waals surface area contributed by atoms with E-state index in [1.54, 1.807) is 7.11 Å². The number of rotatable bonds is 2. The molecular weight excluding hydrogens is 378 g/mol. The molecule has 0 bridgehead atoms. The van der Waals surface area contributed by atoms with Gasteiger partial charge >= 0.3 is 0 Å². The molecule has 0 radical (unpaired) electrons. The molecule has 0 atom stereocenters. The predicted molar refractivity (Wildman–Crippen MR) is 103 cm³/mol. The SMILES string of the molecule is COc1cc(=C2C=c3cc(Br)ccc3=N2)[nH]/c1=C\c1[nH]c(C)cc1C. The van der Waals surface area contributed by atoms with E-state index < -0.39 is 0 Å². The average molecular weight is 396 g/mol. The van der Waals surface area contributed by atoms with Gasteiger partial charge in [0.25, 0.3) is 0 Å². The average Bonchev–Trinajstić information content (AvgIpc) is 3.24. The third-order valence-electron chi connectivity index (χ3n) is 4.31. The monoisotopic (exact) mass is 395 g/mol. The third-order valence-corrected chi connectivity index (χ3v) is 4.80. The first kappa shape index (κ1) is 16.0. The van der Waals surface area contributed by atoms with Crippen molar-refractivity contribution in [1.29, 1.82) is 0 Å². The Labute approximate surface area is 153 Å². The van der Waals surface area contributed by atoms with Gasteiger partial charge in [-0.15, -0.1) is 0 Å². The molecule has 2 N–H and O–H groups in total. The van der Waals surface area contributed by atoms with E-state index in [1.165, 1.54) is 5.56 Å². The minimum absolute atomic E-state index is 0.801. The number of benzene rings is 1. The normalized spacial score (nSPS) is 15.8. The highest BCUT2D eigenvalue weighted by Gasteiger charge is 2.07. The fourth-order valence-electron chi connectivity index (χ4n) is 3.10. The number of H-pyrrole nitrogens is 2. The highest BCUT2D eigenvalue weighted by Crippen LogP contribution is 2.11. The largest absolute Gasteiger partial charge is 0.494 e. The van der Waals surface area contributed by atoms with E-state index in [2.05, 4.69) is 64.0 Å². The molecule has 0 amide bonds. The number of ether oxygens (including phenoxy) is 1. The number of halogens is 1. The Hall–Kier alpha value is -2.53. The number of aryl methyl sites for hydroxylation is 2. The van der Waals surface area contributed by atoms with Crippen molar-refractivity contribution in [3.63, 3.8) is 0 Å². The Balaban J connectivity index is 1.92. The lowest BCUT2D eigenvalue weighted by molar-refractivity contribution is 0.412. The molecule has 4 nitrogen and oxygen atoms in total. The van der Waals surface area contributed by atoms with E-state index in [0.717, 1.165) is 48.6 Å². The fraction of sp³-hybridized carbons (Fsp3) is 0.150. The Morgan fingerprint density at radius 2 is 1.96 bits per heavy atom. The molecule has 126 valence electrons. The molecule has 4 rings (SSSR count). The number of fused-ring (bicyclic) bond motifs is 1. The Morgan fingerprint density at radius 1 is 1.12 bits per heavy atom. The van der Waals surface area contributed by atoms with Gasteiger partial charge in [-0.2, -0.15) is 0 Å². The first-order valence-electron chi connectivity index (χ1n) is 8.05. The molecule has 2 aromatic heterocycles. The van der Waals surface area contributed by atoms with Crippen LogP contribution in [0, 0.1) is 13.8 Å². The maximum Gasteiger partial charge on any atom is 0.144 e. The van der Waals surface area contributed by atoms with E-state index in [0.29, 0.717) is 0 Å². The van der Waals surface area contributed by atoms with Crippen molar-refractivity contribution in [1.82, 2.24) is 9.97 Å². The molecule has 25 heavy (non-hydrogen) atoms. The lowest BCUT2D eigenvalue weighted by Crippen LogP contribution is -2.20. The van der Waals surface area contributed by atoms with Crippen LogP contribution < -0.4 is 26.0 Å². The summed E-state index contributed by atoms with van der Waals surface area (Å²) < 4.78 is 6.60. The van der Waals surface area contributed by atoms with Gasteiger partial charge in [0, 0.05) is 27.1 Å². The van der Waals surface area contributed by atoms with Gasteiger partial charge in [-0.1, -0.05) is 15.9 Å². The van der Waals surface area contributed by atoms with Crippen LogP contribution in [-0.2, 0) is 0 Å². The molecule has 1 aliphatic heterocycles. The summed E-state index contributed by atoms with van der Waals surface area (Å²) in [4.78, 5) is 11.5. The molecule has 0 saturated carbocycles. The summed E-state index contributed by atoms with van der Waals surface area (Å²) in [6, 6.07) is 10.2. The number of aromatic nitrogens is 2. The van der Waals surface area contributed by atoms with Gasteiger partial charge in [-0.25, -0.2) is 4.99 Å². The highest BCUT2D eigenvalue weighted by atomic mass is 79.9. The standard InChI is InChI=1S/C20H18BrN3O/c1-11-6-12(2)22-16(11)9-19-20(25-3)10-18(24-19)17-8-13-7-14(21)4-5-15(13)23-17/h4-10,22,24H,1-3H3/b18-17?,19-9-. The summed E-state index contributed by atoms with van der Waals surface area (Å²) in [5, 5.41) is 3.96. The number of nitrogens with zero attached hydrogens (tertiary/aromatic N) is 1. The zero-order valence-electron chi connectivity index (χ0n) is 14.3. The predicted octanol–water partition coefficient (Wildman–Crippen LogP) is 1.78. The van der Waals surface area contributed by atoms with E-state index in [-0.39, 0.29) is 0 Å². The molecule has 0 unspecified atom stereocenters. The van der Waals surface area contributed by atoms with Gasteiger partial charge in [0.1, 0.15) is 5.75 Å². The van der Waals surface area contributed by atoms with Crippen LogP contribution in [0.5, 0.6) is 5.75 Å². The van der Waals surface area contributed by atoms with Gasteiger partial charge in [-0.3, -0.25) is 0 Å². The highest BCUT2D eigenvalue weighted by molar-refractivity contribution is 9.10. The molecule has 5 heteroatoms. The number of aromatic amines is 2. The van der Waals surface area contributed by atoms with Crippen molar-refractivity contribution in [2.24, 2.45) is 4.99 Å². The van der Waals surface area contributed by atoms with Gasteiger partial charge in [0.2, 0.25) is 0 Å². The second-order valence-corrected chi connectivity index (χ2v) is 7.12. The number of hydrogen-bond donors (Lipinski definition) is 2. The lowest BCUT2D eigenvalue weighted by atomic mass is 10.2. The smallest absolute Gasteiger partial charge is 0.144 e. The molecule has 1 aliphatic rings. The topological polar surface area (TPSA) is 53.2 Å². The van der Waals surface area contributed by atoms with Crippen molar-refractivity contribution < 1.29 is 4.74 Å². The van der Waals surface area contributed by atoms with E-state index >= 15 is 0 Å².